The quantitative estimate of drug-likeness (QED) is 0.607. The minimum atomic E-state index is -0.741. The maximum Gasteiger partial charge on any atom is 0.322 e. The van der Waals surface area contributed by atoms with Gasteiger partial charge in [-0.25, -0.2) is 0 Å². The molecule has 0 aliphatic carbocycles. The first-order valence-corrected chi connectivity index (χ1v) is 4.10. The molecule has 0 rings (SSSR count). The molecule has 0 bridgehead atoms. The number of hydrogen-bond donors (Lipinski definition) is 1. The highest BCUT2D eigenvalue weighted by Gasteiger charge is 2.15. The van der Waals surface area contributed by atoms with Crippen LogP contribution in [-0.2, 0) is 19.1 Å². The zero-order valence-electron chi connectivity index (χ0n) is 7.91. The lowest BCUT2D eigenvalue weighted by atomic mass is 10.2. The van der Waals surface area contributed by atoms with Crippen molar-refractivity contribution in [2.75, 3.05) is 13.7 Å². The first-order chi connectivity index (χ1) is 6.11. The predicted molar refractivity (Wildman–Crippen MR) is 45.9 cm³/mol. The lowest BCUT2D eigenvalue weighted by molar-refractivity contribution is -0.144. The number of carbonyl (C=O) groups is 2. The summed E-state index contributed by atoms with van der Waals surface area (Å²) in [5, 5.41) is 0. The van der Waals surface area contributed by atoms with Gasteiger partial charge in [-0.05, 0) is 13.3 Å². The molecule has 5 heteroatoms. The van der Waals surface area contributed by atoms with E-state index in [0.29, 0.717) is 6.61 Å². The molecule has 0 aromatic heterocycles. The number of hydrogen-bond acceptors (Lipinski definition) is 5. The Morgan fingerprint density at radius 1 is 1.46 bits per heavy atom. The summed E-state index contributed by atoms with van der Waals surface area (Å²) < 4.78 is 9.05. The van der Waals surface area contributed by atoms with Gasteiger partial charge in [0, 0.05) is 6.42 Å². The summed E-state index contributed by atoms with van der Waals surface area (Å²) >= 11 is 0. The van der Waals surface area contributed by atoms with Crippen molar-refractivity contribution in [3.8, 4) is 0 Å². The molecule has 0 aromatic rings. The van der Waals surface area contributed by atoms with E-state index in [1.165, 1.54) is 7.11 Å². The van der Waals surface area contributed by atoms with Gasteiger partial charge in [-0.3, -0.25) is 9.59 Å². The summed E-state index contributed by atoms with van der Waals surface area (Å²) in [5.41, 5.74) is 5.39. The van der Waals surface area contributed by atoms with Gasteiger partial charge in [-0.2, -0.15) is 0 Å². The van der Waals surface area contributed by atoms with Crippen molar-refractivity contribution in [2.24, 2.45) is 5.73 Å². The second-order valence-corrected chi connectivity index (χ2v) is 2.47. The van der Waals surface area contributed by atoms with Crippen LogP contribution in [0.3, 0.4) is 0 Å². The normalized spacial score (nSPS) is 11.9. The van der Waals surface area contributed by atoms with Gasteiger partial charge in [0.05, 0.1) is 13.7 Å². The minimum Gasteiger partial charge on any atom is -0.468 e. The van der Waals surface area contributed by atoms with Crippen LogP contribution >= 0.6 is 0 Å². The SMILES string of the molecule is CCOC(=O)CC[C@H](N)C(=O)OC. The average molecular weight is 189 g/mol. The summed E-state index contributed by atoms with van der Waals surface area (Å²) in [4.78, 5) is 21.6. The van der Waals surface area contributed by atoms with Crippen LogP contribution in [0.5, 0.6) is 0 Å². The van der Waals surface area contributed by atoms with Gasteiger partial charge in [0.2, 0.25) is 0 Å². The summed E-state index contributed by atoms with van der Waals surface area (Å²) in [7, 11) is 1.26. The maximum atomic E-state index is 10.8. The molecule has 5 nitrogen and oxygen atoms in total. The van der Waals surface area contributed by atoms with Crippen LogP contribution in [-0.4, -0.2) is 31.7 Å². The first kappa shape index (κ1) is 11.9. The van der Waals surface area contributed by atoms with Crippen molar-refractivity contribution < 1.29 is 19.1 Å². The van der Waals surface area contributed by atoms with Crippen molar-refractivity contribution in [1.29, 1.82) is 0 Å². The molecule has 0 aliphatic heterocycles. The first-order valence-electron chi connectivity index (χ1n) is 4.10. The molecule has 0 fully saturated rings. The Balaban J connectivity index is 3.63. The summed E-state index contributed by atoms with van der Waals surface area (Å²) in [6.45, 7) is 2.06. The monoisotopic (exact) mass is 189 g/mol. The number of esters is 2. The van der Waals surface area contributed by atoms with Crippen molar-refractivity contribution in [1.82, 2.24) is 0 Å². The fourth-order valence-corrected chi connectivity index (χ4v) is 0.776. The summed E-state index contributed by atoms with van der Waals surface area (Å²) in [6.07, 6.45) is 0.398. The van der Waals surface area contributed by atoms with Crippen LogP contribution in [0.2, 0.25) is 0 Å². The molecule has 0 unspecified atom stereocenters. The van der Waals surface area contributed by atoms with Crippen LogP contribution in [0.15, 0.2) is 0 Å². The van der Waals surface area contributed by atoms with Gasteiger partial charge in [0.1, 0.15) is 6.04 Å². The van der Waals surface area contributed by atoms with Crippen molar-refractivity contribution >= 4 is 11.9 Å². The Morgan fingerprint density at radius 2 is 2.08 bits per heavy atom. The zero-order chi connectivity index (χ0) is 10.3. The van der Waals surface area contributed by atoms with E-state index in [0.717, 1.165) is 0 Å². The van der Waals surface area contributed by atoms with E-state index in [9.17, 15) is 9.59 Å². The Labute approximate surface area is 77.2 Å². The second kappa shape index (κ2) is 6.42. The number of nitrogens with two attached hydrogens (primary N) is 1. The van der Waals surface area contributed by atoms with Gasteiger partial charge >= 0.3 is 11.9 Å². The Kier molecular flexibility index (Phi) is 5.88. The number of ether oxygens (including phenoxy) is 2. The van der Waals surface area contributed by atoms with E-state index < -0.39 is 12.0 Å². The van der Waals surface area contributed by atoms with Gasteiger partial charge in [-0.15, -0.1) is 0 Å². The number of carbonyl (C=O) groups excluding carboxylic acids is 2. The molecule has 0 amide bonds. The third kappa shape index (κ3) is 5.19. The molecule has 0 saturated heterocycles. The minimum absolute atomic E-state index is 0.143. The van der Waals surface area contributed by atoms with Crippen molar-refractivity contribution in [3.05, 3.63) is 0 Å². The van der Waals surface area contributed by atoms with E-state index in [4.69, 9.17) is 5.73 Å². The standard InChI is InChI=1S/C8H15NO4/c1-3-13-7(10)5-4-6(9)8(11)12-2/h6H,3-5,9H2,1-2H3/t6-/m0/s1. The van der Waals surface area contributed by atoms with E-state index in [-0.39, 0.29) is 18.8 Å². The Hall–Kier alpha value is -1.10. The second-order valence-electron chi connectivity index (χ2n) is 2.47. The molecular weight excluding hydrogens is 174 g/mol. The lowest BCUT2D eigenvalue weighted by Crippen LogP contribution is -2.32. The zero-order valence-corrected chi connectivity index (χ0v) is 7.91. The molecule has 76 valence electrons. The van der Waals surface area contributed by atoms with Crippen LogP contribution in [0.1, 0.15) is 19.8 Å². The third-order valence-electron chi connectivity index (χ3n) is 1.47. The number of methoxy groups -OCH3 is 1. The predicted octanol–water partition coefficient (Wildman–Crippen LogP) is -0.170. The molecule has 0 spiro atoms. The summed E-state index contributed by atoms with van der Waals surface area (Å²) in [5.74, 6) is -0.855. The number of rotatable bonds is 5. The highest BCUT2D eigenvalue weighted by molar-refractivity contribution is 5.76. The fourth-order valence-electron chi connectivity index (χ4n) is 0.776. The highest BCUT2D eigenvalue weighted by atomic mass is 16.5. The Morgan fingerprint density at radius 3 is 2.54 bits per heavy atom. The van der Waals surface area contributed by atoms with Gasteiger partial charge in [-0.1, -0.05) is 0 Å². The van der Waals surface area contributed by atoms with Gasteiger partial charge < -0.3 is 15.2 Å². The molecule has 0 aromatic carbocycles. The molecule has 2 N–H and O–H groups in total. The van der Waals surface area contributed by atoms with E-state index in [1.807, 2.05) is 0 Å². The van der Waals surface area contributed by atoms with Crippen molar-refractivity contribution in [3.63, 3.8) is 0 Å². The summed E-state index contributed by atoms with van der Waals surface area (Å²) in [6, 6.07) is -0.741. The van der Waals surface area contributed by atoms with Crippen LogP contribution < -0.4 is 5.73 Å². The average Bonchev–Trinajstić information content (AvgIpc) is 2.13. The van der Waals surface area contributed by atoms with Crippen LogP contribution in [0, 0.1) is 0 Å². The van der Waals surface area contributed by atoms with Gasteiger partial charge in [0.25, 0.3) is 0 Å². The topological polar surface area (TPSA) is 78.6 Å². The largest absolute Gasteiger partial charge is 0.468 e. The van der Waals surface area contributed by atoms with E-state index in [1.54, 1.807) is 6.92 Å². The highest BCUT2D eigenvalue weighted by Crippen LogP contribution is 1.98. The molecule has 0 heterocycles. The molecule has 0 saturated carbocycles. The third-order valence-corrected chi connectivity index (χ3v) is 1.47. The fraction of sp³-hybridized carbons (Fsp3) is 0.750. The van der Waals surface area contributed by atoms with E-state index >= 15 is 0 Å². The van der Waals surface area contributed by atoms with E-state index in [2.05, 4.69) is 9.47 Å². The maximum absolute atomic E-state index is 10.8. The van der Waals surface area contributed by atoms with Crippen LogP contribution in [0.25, 0.3) is 0 Å². The molecule has 0 radical (unpaired) electrons. The molecule has 13 heavy (non-hydrogen) atoms. The Bertz CT molecular complexity index is 181. The van der Waals surface area contributed by atoms with Gasteiger partial charge in [0.15, 0.2) is 0 Å². The van der Waals surface area contributed by atoms with Crippen LogP contribution in [0.4, 0.5) is 0 Å². The smallest absolute Gasteiger partial charge is 0.322 e. The molecule has 0 aliphatic rings. The van der Waals surface area contributed by atoms with Crippen molar-refractivity contribution in [2.45, 2.75) is 25.8 Å². The lowest BCUT2D eigenvalue weighted by Gasteiger charge is -2.07. The molecule has 1 atom stereocenters. The molecular formula is C8H15NO4.